The fraction of sp³-hybridized carbons (Fsp3) is 0.240. The SMILES string of the molecule is Cc1cc(C)cc(C(C)NC(=O)c2cccc(COc3cc(C)ccc3Cl)c2)c1. The number of carbonyl (C=O) groups is 1. The first-order valence-electron chi connectivity index (χ1n) is 9.69. The van der Waals surface area contributed by atoms with E-state index in [0.29, 0.717) is 22.9 Å². The normalized spacial score (nSPS) is 11.8. The zero-order chi connectivity index (χ0) is 21.0. The monoisotopic (exact) mass is 407 g/mol. The molecule has 0 aromatic heterocycles. The molecule has 0 heterocycles. The number of carbonyl (C=O) groups excluding carboxylic acids is 1. The molecule has 1 unspecified atom stereocenters. The minimum absolute atomic E-state index is 0.0768. The Morgan fingerprint density at radius 1 is 0.966 bits per heavy atom. The van der Waals surface area contributed by atoms with Crippen molar-refractivity contribution < 1.29 is 9.53 Å². The third-order valence-electron chi connectivity index (χ3n) is 4.76. The molecule has 1 N–H and O–H groups in total. The van der Waals surface area contributed by atoms with Gasteiger partial charge in [0, 0.05) is 5.56 Å². The van der Waals surface area contributed by atoms with E-state index < -0.39 is 0 Å². The van der Waals surface area contributed by atoms with E-state index in [9.17, 15) is 4.79 Å². The quantitative estimate of drug-likeness (QED) is 0.518. The molecule has 1 atom stereocenters. The number of rotatable bonds is 6. The molecule has 0 aliphatic rings. The average molecular weight is 408 g/mol. The Bertz CT molecular complexity index is 1010. The maximum absolute atomic E-state index is 12.8. The van der Waals surface area contributed by atoms with E-state index in [1.54, 1.807) is 0 Å². The highest BCUT2D eigenvalue weighted by Crippen LogP contribution is 2.26. The molecule has 3 rings (SSSR count). The minimum atomic E-state index is -0.105. The van der Waals surface area contributed by atoms with Gasteiger partial charge in [-0.15, -0.1) is 0 Å². The van der Waals surface area contributed by atoms with Gasteiger partial charge >= 0.3 is 0 Å². The van der Waals surface area contributed by atoms with E-state index in [1.807, 2.05) is 56.3 Å². The van der Waals surface area contributed by atoms with Crippen LogP contribution in [0.25, 0.3) is 0 Å². The van der Waals surface area contributed by atoms with Crippen LogP contribution in [-0.4, -0.2) is 5.91 Å². The summed E-state index contributed by atoms with van der Waals surface area (Å²) in [5.74, 6) is 0.539. The lowest BCUT2D eigenvalue weighted by Crippen LogP contribution is -2.26. The van der Waals surface area contributed by atoms with Gasteiger partial charge in [0.1, 0.15) is 12.4 Å². The fourth-order valence-electron chi connectivity index (χ4n) is 3.31. The Hall–Kier alpha value is -2.78. The molecule has 0 saturated carbocycles. The summed E-state index contributed by atoms with van der Waals surface area (Å²) >= 11 is 6.19. The second kappa shape index (κ2) is 9.15. The summed E-state index contributed by atoms with van der Waals surface area (Å²) in [6.45, 7) is 8.46. The van der Waals surface area contributed by atoms with Crippen molar-refractivity contribution in [3.8, 4) is 5.75 Å². The summed E-state index contributed by atoms with van der Waals surface area (Å²) in [5, 5.41) is 3.66. The molecule has 150 valence electrons. The van der Waals surface area contributed by atoms with Crippen LogP contribution in [0.3, 0.4) is 0 Å². The topological polar surface area (TPSA) is 38.3 Å². The highest BCUT2D eigenvalue weighted by atomic mass is 35.5. The lowest BCUT2D eigenvalue weighted by molar-refractivity contribution is 0.0939. The molecule has 3 aromatic rings. The molecule has 0 bridgehead atoms. The van der Waals surface area contributed by atoms with E-state index in [0.717, 1.165) is 16.7 Å². The maximum atomic E-state index is 12.8. The third-order valence-corrected chi connectivity index (χ3v) is 5.07. The second-order valence-electron chi connectivity index (χ2n) is 7.54. The van der Waals surface area contributed by atoms with Crippen LogP contribution in [-0.2, 0) is 6.61 Å². The van der Waals surface area contributed by atoms with Crippen LogP contribution >= 0.6 is 11.6 Å². The number of hydrogen-bond donors (Lipinski definition) is 1. The van der Waals surface area contributed by atoms with Crippen molar-refractivity contribution in [1.82, 2.24) is 5.32 Å². The summed E-state index contributed by atoms with van der Waals surface area (Å²) < 4.78 is 5.85. The van der Waals surface area contributed by atoms with Crippen molar-refractivity contribution in [1.29, 1.82) is 0 Å². The van der Waals surface area contributed by atoms with Crippen molar-refractivity contribution in [2.75, 3.05) is 0 Å². The summed E-state index contributed by atoms with van der Waals surface area (Å²) in [5.41, 5.74) is 6.08. The smallest absolute Gasteiger partial charge is 0.251 e. The molecular weight excluding hydrogens is 382 g/mol. The van der Waals surface area contributed by atoms with Crippen molar-refractivity contribution in [3.05, 3.63) is 99.1 Å². The Kier molecular flexibility index (Phi) is 6.60. The minimum Gasteiger partial charge on any atom is -0.487 e. The first kappa shape index (κ1) is 20.9. The number of hydrogen-bond acceptors (Lipinski definition) is 2. The molecule has 0 fully saturated rings. The van der Waals surface area contributed by atoms with Gasteiger partial charge < -0.3 is 10.1 Å². The van der Waals surface area contributed by atoms with Gasteiger partial charge in [0.2, 0.25) is 0 Å². The van der Waals surface area contributed by atoms with Crippen molar-refractivity contribution in [3.63, 3.8) is 0 Å². The number of aryl methyl sites for hydroxylation is 3. The van der Waals surface area contributed by atoms with Crippen molar-refractivity contribution >= 4 is 17.5 Å². The highest BCUT2D eigenvalue weighted by molar-refractivity contribution is 6.32. The van der Waals surface area contributed by atoms with E-state index >= 15 is 0 Å². The van der Waals surface area contributed by atoms with Gasteiger partial charge in [0.05, 0.1) is 11.1 Å². The van der Waals surface area contributed by atoms with E-state index in [4.69, 9.17) is 16.3 Å². The van der Waals surface area contributed by atoms with Crippen LogP contribution in [0.15, 0.2) is 60.7 Å². The first-order chi connectivity index (χ1) is 13.8. The molecule has 0 aliphatic carbocycles. The molecule has 0 radical (unpaired) electrons. The van der Waals surface area contributed by atoms with Gasteiger partial charge in [-0.1, -0.05) is 59.1 Å². The predicted octanol–water partition coefficient (Wildman–Crippen LogP) is 6.34. The zero-order valence-electron chi connectivity index (χ0n) is 17.3. The number of ether oxygens (including phenoxy) is 1. The van der Waals surface area contributed by atoms with Crippen LogP contribution in [0.2, 0.25) is 5.02 Å². The van der Waals surface area contributed by atoms with Crippen LogP contribution in [0.1, 0.15) is 51.1 Å². The van der Waals surface area contributed by atoms with Crippen LogP contribution in [0, 0.1) is 20.8 Å². The molecule has 4 heteroatoms. The Labute approximate surface area is 177 Å². The summed E-state index contributed by atoms with van der Waals surface area (Å²) in [6.07, 6.45) is 0. The molecular formula is C25H26ClNO2. The van der Waals surface area contributed by atoms with Gasteiger partial charge in [-0.25, -0.2) is 0 Å². The average Bonchev–Trinajstić information content (AvgIpc) is 2.68. The Morgan fingerprint density at radius 3 is 2.41 bits per heavy atom. The number of amides is 1. The Balaban J connectivity index is 1.68. The van der Waals surface area contributed by atoms with Gasteiger partial charge in [-0.05, 0) is 68.7 Å². The largest absolute Gasteiger partial charge is 0.487 e. The molecule has 3 nitrogen and oxygen atoms in total. The molecule has 0 saturated heterocycles. The standard InChI is InChI=1S/C25H26ClNO2/c1-16-8-9-23(26)24(13-16)29-15-20-6-5-7-21(14-20)25(28)27-19(4)22-11-17(2)10-18(3)12-22/h5-14,19H,15H2,1-4H3,(H,27,28). The predicted molar refractivity (Wildman–Crippen MR) is 119 cm³/mol. The van der Waals surface area contributed by atoms with Gasteiger partial charge in [-0.2, -0.15) is 0 Å². The molecule has 3 aromatic carbocycles. The van der Waals surface area contributed by atoms with Gasteiger partial charge in [0.15, 0.2) is 0 Å². The summed E-state index contributed by atoms with van der Waals surface area (Å²) in [4.78, 5) is 12.8. The number of benzene rings is 3. The maximum Gasteiger partial charge on any atom is 0.251 e. The molecule has 29 heavy (non-hydrogen) atoms. The van der Waals surface area contributed by atoms with E-state index in [-0.39, 0.29) is 11.9 Å². The molecule has 0 spiro atoms. The van der Waals surface area contributed by atoms with E-state index in [2.05, 4.69) is 37.4 Å². The number of halogens is 1. The van der Waals surface area contributed by atoms with Gasteiger partial charge in [0.25, 0.3) is 5.91 Å². The van der Waals surface area contributed by atoms with Gasteiger partial charge in [-0.3, -0.25) is 4.79 Å². The first-order valence-corrected chi connectivity index (χ1v) is 10.1. The lowest BCUT2D eigenvalue weighted by Gasteiger charge is -2.16. The third kappa shape index (κ3) is 5.61. The van der Waals surface area contributed by atoms with Crippen LogP contribution < -0.4 is 10.1 Å². The number of nitrogens with one attached hydrogen (secondary N) is 1. The lowest BCUT2D eigenvalue weighted by atomic mass is 10.0. The van der Waals surface area contributed by atoms with Crippen LogP contribution in [0.4, 0.5) is 0 Å². The summed E-state index contributed by atoms with van der Waals surface area (Å²) in [6, 6.07) is 19.4. The van der Waals surface area contributed by atoms with E-state index in [1.165, 1.54) is 11.1 Å². The van der Waals surface area contributed by atoms with Crippen molar-refractivity contribution in [2.45, 2.75) is 40.3 Å². The zero-order valence-corrected chi connectivity index (χ0v) is 18.0. The molecule has 0 aliphatic heterocycles. The van der Waals surface area contributed by atoms with Crippen molar-refractivity contribution in [2.24, 2.45) is 0 Å². The fourth-order valence-corrected chi connectivity index (χ4v) is 3.48. The highest BCUT2D eigenvalue weighted by Gasteiger charge is 2.13. The second-order valence-corrected chi connectivity index (χ2v) is 7.95. The summed E-state index contributed by atoms with van der Waals surface area (Å²) in [7, 11) is 0. The molecule has 1 amide bonds. The Morgan fingerprint density at radius 2 is 1.69 bits per heavy atom. The van der Waals surface area contributed by atoms with Crippen LogP contribution in [0.5, 0.6) is 5.75 Å².